The highest BCUT2D eigenvalue weighted by Gasteiger charge is 2.29. The standard InChI is InChI=1S/C20H22FNO2/c21-20-4-2-1-3-19(20)18-7-8-22-10-16(18)13-24-17-6-5-14-11-23-12-15(14)9-17/h1-6,9,16,18,22H,7-8,10-13H2. The topological polar surface area (TPSA) is 30.5 Å². The molecule has 0 bridgehead atoms. The van der Waals surface area contributed by atoms with E-state index in [2.05, 4.69) is 17.4 Å². The summed E-state index contributed by atoms with van der Waals surface area (Å²) in [5.74, 6) is 1.23. The number of halogens is 1. The minimum absolute atomic E-state index is 0.107. The maximum Gasteiger partial charge on any atom is 0.126 e. The molecule has 2 aliphatic heterocycles. The summed E-state index contributed by atoms with van der Waals surface area (Å²) in [5.41, 5.74) is 3.26. The molecular formula is C20H22FNO2. The Morgan fingerprint density at radius 1 is 1.12 bits per heavy atom. The molecule has 4 rings (SSSR count). The van der Waals surface area contributed by atoms with Crippen LogP contribution in [0, 0.1) is 11.7 Å². The number of nitrogens with one attached hydrogen (secondary N) is 1. The smallest absolute Gasteiger partial charge is 0.126 e. The number of fused-ring (bicyclic) bond motifs is 1. The van der Waals surface area contributed by atoms with Gasteiger partial charge in [-0.05, 0) is 53.8 Å². The van der Waals surface area contributed by atoms with Crippen molar-refractivity contribution in [1.29, 1.82) is 0 Å². The zero-order chi connectivity index (χ0) is 16.4. The molecule has 2 aromatic rings. The summed E-state index contributed by atoms with van der Waals surface area (Å²) in [7, 11) is 0. The van der Waals surface area contributed by atoms with Crippen LogP contribution in [-0.2, 0) is 18.0 Å². The average Bonchev–Trinajstić information content (AvgIpc) is 3.08. The normalized spacial score (nSPS) is 23.0. The van der Waals surface area contributed by atoms with Gasteiger partial charge in [-0.3, -0.25) is 0 Å². The highest BCUT2D eigenvalue weighted by molar-refractivity contribution is 5.36. The van der Waals surface area contributed by atoms with Gasteiger partial charge in [0.15, 0.2) is 0 Å². The van der Waals surface area contributed by atoms with Crippen LogP contribution in [0.4, 0.5) is 4.39 Å². The van der Waals surface area contributed by atoms with E-state index in [1.54, 1.807) is 12.1 Å². The number of hydrogen-bond acceptors (Lipinski definition) is 3. The van der Waals surface area contributed by atoms with E-state index >= 15 is 0 Å². The lowest BCUT2D eigenvalue weighted by atomic mass is 9.81. The molecule has 0 aliphatic carbocycles. The molecule has 0 saturated carbocycles. The number of hydrogen-bond donors (Lipinski definition) is 1. The van der Waals surface area contributed by atoms with Gasteiger partial charge in [-0.2, -0.15) is 0 Å². The van der Waals surface area contributed by atoms with Gasteiger partial charge in [0.05, 0.1) is 19.8 Å². The largest absolute Gasteiger partial charge is 0.493 e. The van der Waals surface area contributed by atoms with E-state index in [4.69, 9.17) is 9.47 Å². The molecule has 1 saturated heterocycles. The molecule has 4 heteroatoms. The second-order valence-electron chi connectivity index (χ2n) is 6.62. The third-order valence-electron chi connectivity index (χ3n) is 5.07. The quantitative estimate of drug-likeness (QED) is 0.930. The van der Waals surface area contributed by atoms with Crippen molar-refractivity contribution in [1.82, 2.24) is 5.32 Å². The van der Waals surface area contributed by atoms with Crippen LogP contribution in [0.1, 0.15) is 29.0 Å². The van der Waals surface area contributed by atoms with Crippen molar-refractivity contribution in [2.75, 3.05) is 19.7 Å². The summed E-state index contributed by atoms with van der Waals surface area (Å²) in [6.07, 6.45) is 0.937. The zero-order valence-electron chi connectivity index (χ0n) is 13.6. The molecule has 2 heterocycles. The van der Waals surface area contributed by atoms with Crippen LogP contribution in [0.15, 0.2) is 42.5 Å². The van der Waals surface area contributed by atoms with E-state index in [0.717, 1.165) is 30.8 Å². The number of piperidine rings is 1. The van der Waals surface area contributed by atoms with Crippen molar-refractivity contribution in [3.8, 4) is 5.75 Å². The van der Waals surface area contributed by atoms with Gasteiger partial charge in [0.2, 0.25) is 0 Å². The Balaban J connectivity index is 1.47. The summed E-state index contributed by atoms with van der Waals surface area (Å²) in [5, 5.41) is 3.41. The van der Waals surface area contributed by atoms with Crippen LogP contribution in [0.5, 0.6) is 5.75 Å². The van der Waals surface area contributed by atoms with E-state index in [1.165, 1.54) is 11.1 Å². The van der Waals surface area contributed by atoms with Crippen molar-refractivity contribution >= 4 is 0 Å². The fraction of sp³-hybridized carbons (Fsp3) is 0.400. The predicted octanol–water partition coefficient (Wildman–Crippen LogP) is 3.63. The molecular weight excluding hydrogens is 305 g/mol. The third-order valence-corrected chi connectivity index (χ3v) is 5.07. The van der Waals surface area contributed by atoms with Gasteiger partial charge in [0.25, 0.3) is 0 Å². The first-order chi connectivity index (χ1) is 11.8. The van der Waals surface area contributed by atoms with E-state index in [1.807, 2.05) is 18.2 Å². The predicted molar refractivity (Wildman–Crippen MR) is 90.5 cm³/mol. The van der Waals surface area contributed by atoms with Crippen LogP contribution >= 0.6 is 0 Å². The molecule has 0 aromatic heterocycles. The van der Waals surface area contributed by atoms with Crippen LogP contribution in [0.3, 0.4) is 0 Å². The second-order valence-corrected chi connectivity index (χ2v) is 6.62. The van der Waals surface area contributed by atoms with E-state index < -0.39 is 0 Å². The molecule has 2 aliphatic rings. The van der Waals surface area contributed by atoms with Gasteiger partial charge >= 0.3 is 0 Å². The summed E-state index contributed by atoms with van der Waals surface area (Å²) in [6, 6.07) is 13.3. The van der Waals surface area contributed by atoms with Crippen LogP contribution < -0.4 is 10.1 Å². The van der Waals surface area contributed by atoms with Gasteiger partial charge in [0.1, 0.15) is 11.6 Å². The second kappa shape index (κ2) is 6.91. The summed E-state index contributed by atoms with van der Waals surface area (Å²) >= 11 is 0. The number of ether oxygens (including phenoxy) is 2. The Morgan fingerprint density at radius 3 is 2.92 bits per heavy atom. The summed E-state index contributed by atoms with van der Waals surface area (Å²) in [4.78, 5) is 0. The lowest BCUT2D eigenvalue weighted by Gasteiger charge is -2.32. The molecule has 0 spiro atoms. The van der Waals surface area contributed by atoms with Crippen LogP contribution in [-0.4, -0.2) is 19.7 Å². The Hall–Kier alpha value is -1.91. The fourth-order valence-corrected chi connectivity index (χ4v) is 3.72. The Labute approximate surface area is 141 Å². The van der Waals surface area contributed by atoms with Gasteiger partial charge in [-0.1, -0.05) is 24.3 Å². The molecule has 1 N–H and O–H groups in total. The molecule has 3 nitrogen and oxygen atoms in total. The molecule has 126 valence electrons. The maximum atomic E-state index is 14.2. The van der Waals surface area contributed by atoms with Crippen molar-refractivity contribution in [3.05, 3.63) is 65.0 Å². The molecule has 2 atom stereocenters. The Bertz CT molecular complexity index is 719. The van der Waals surface area contributed by atoms with Crippen molar-refractivity contribution in [2.24, 2.45) is 5.92 Å². The molecule has 1 fully saturated rings. The van der Waals surface area contributed by atoms with Gasteiger partial charge in [-0.25, -0.2) is 4.39 Å². The summed E-state index contributed by atoms with van der Waals surface area (Å²) in [6.45, 7) is 3.72. The first kappa shape index (κ1) is 15.6. The average molecular weight is 327 g/mol. The van der Waals surface area contributed by atoms with E-state index in [0.29, 0.717) is 19.8 Å². The van der Waals surface area contributed by atoms with Crippen molar-refractivity contribution in [2.45, 2.75) is 25.6 Å². The highest BCUT2D eigenvalue weighted by atomic mass is 19.1. The first-order valence-corrected chi connectivity index (χ1v) is 8.59. The number of rotatable bonds is 4. The van der Waals surface area contributed by atoms with Crippen molar-refractivity contribution < 1.29 is 13.9 Å². The van der Waals surface area contributed by atoms with Crippen LogP contribution in [0.25, 0.3) is 0 Å². The summed E-state index contributed by atoms with van der Waals surface area (Å²) < 4.78 is 25.7. The zero-order valence-corrected chi connectivity index (χ0v) is 13.6. The van der Waals surface area contributed by atoms with Gasteiger partial charge < -0.3 is 14.8 Å². The minimum Gasteiger partial charge on any atom is -0.493 e. The Kier molecular flexibility index (Phi) is 4.50. The Morgan fingerprint density at radius 2 is 2.00 bits per heavy atom. The number of benzene rings is 2. The molecule has 0 amide bonds. The third kappa shape index (κ3) is 3.17. The van der Waals surface area contributed by atoms with E-state index in [9.17, 15) is 4.39 Å². The minimum atomic E-state index is -0.107. The van der Waals surface area contributed by atoms with E-state index in [-0.39, 0.29) is 17.7 Å². The van der Waals surface area contributed by atoms with Gasteiger partial charge in [0, 0.05) is 12.5 Å². The molecule has 0 radical (unpaired) electrons. The molecule has 24 heavy (non-hydrogen) atoms. The SMILES string of the molecule is Fc1ccccc1C1CCNCC1COc1ccc2c(c1)COC2. The van der Waals surface area contributed by atoms with Crippen LogP contribution in [0.2, 0.25) is 0 Å². The lowest BCUT2D eigenvalue weighted by Crippen LogP contribution is -2.38. The monoisotopic (exact) mass is 327 g/mol. The maximum absolute atomic E-state index is 14.2. The van der Waals surface area contributed by atoms with Gasteiger partial charge in [-0.15, -0.1) is 0 Å². The molecule has 2 unspecified atom stereocenters. The van der Waals surface area contributed by atoms with Crippen molar-refractivity contribution in [3.63, 3.8) is 0 Å². The lowest BCUT2D eigenvalue weighted by molar-refractivity contribution is 0.134. The first-order valence-electron chi connectivity index (χ1n) is 8.59. The molecule has 2 aromatic carbocycles. The highest BCUT2D eigenvalue weighted by Crippen LogP contribution is 2.33. The fourth-order valence-electron chi connectivity index (χ4n) is 3.72.